The molecule has 0 aliphatic heterocycles. The Bertz CT molecular complexity index is 337. The minimum Gasteiger partial charge on any atom is -0.378 e. The highest BCUT2D eigenvalue weighted by molar-refractivity contribution is 7.33. The van der Waals surface area contributed by atoms with E-state index in [-0.39, 0.29) is 0 Å². The largest absolute Gasteiger partial charge is 0.378 e. The van der Waals surface area contributed by atoms with Crippen molar-refractivity contribution >= 4 is 29.6 Å². The summed E-state index contributed by atoms with van der Waals surface area (Å²) in [6, 6.07) is 0.986. The van der Waals surface area contributed by atoms with Crippen LogP contribution in [0, 0.1) is 17.8 Å². The Hall–Kier alpha value is 0.757. The second-order valence-electron chi connectivity index (χ2n) is 8.92. The zero-order valence-electron chi connectivity index (χ0n) is 17.1. The molecule has 0 heterocycles. The fourth-order valence-electron chi connectivity index (χ4n) is 5.20. The predicted octanol–water partition coefficient (Wildman–Crippen LogP) is 7.82. The van der Waals surface area contributed by atoms with Crippen molar-refractivity contribution in [3.05, 3.63) is 0 Å². The molecule has 0 saturated heterocycles. The Balaban J connectivity index is 1.51. The van der Waals surface area contributed by atoms with Crippen LogP contribution >= 0.6 is 22.2 Å². The third-order valence-corrected chi connectivity index (χ3v) is 9.07. The normalized spacial score (nSPS) is 30.0. The van der Waals surface area contributed by atoms with E-state index in [2.05, 4.69) is 6.92 Å². The molecular formula is C22H42Cl2OSi. The van der Waals surface area contributed by atoms with E-state index in [1.54, 1.807) is 0 Å². The van der Waals surface area contributed by atoms with Crippen molar-refractivity contribution < 1.29 is 4.74 Å². The molecule has 26 heavy (non-hydrogen) atoms. The molecule has 2 aliphatic carbocycles. The molecule has 0 atom stereocenters. The van der Waals surface area contributed by atoms with Gasteiger partial charge in [-0.3, -0.25) is 0 Å². The van der Waals surface area contributed by atoms with Crippen molar-refractivity contribution in [2.45, 2.75) is 115 Å². The Morgan fingerprint density at radius 3 is 2.00 bits per heavy atom. The fourth-order valence-corrected chi connectivity index (χ4v) is 6.60. The summed E-state index contributed by atoms with van der Waals surface area (Å²) in [6.07, 6.45) is 21.7. The molecule has 0 spiro atoms. The highest BCUT2D eigenvalue weighted by Crippen LogP contribution is 2.41. The first kappa shape index (κ1) is 23.0. The average molecular weight is 422 g/mol. The highest BCUT2D eigenvalue weighted by atomic mass is 35.7. The molecule has 0 aromatic rings. The molecule has 0 aromatic heterocycles. The zero-order chi connectivity index (χ0) is 18.6. The summed E-state index contributed by atoms with van der Waals surface area (Å²) < 4.78 is 6.06. The second kappa shape index (κ2) is 13.9. The number of halogens is 2. The summed E-state index contributed by atoms with van der Waals surface area (Å²) in [5.74, 6) is 3.05. The van der Waals surface area contributed by atoms with Crippen molar-refractivity contribution in [3.8, 4) is 0 Å². The molecule has 0 bridgehead atoms. The van der Waals surface area contributed by atoms with Crippen LogP contribution in [-0.4, -0.2) is 20.1 Å². The molecule has 0 radical (unpaired) electrons. The van der Waals surface area contributed by atoms with Gasteiger partial charge in [0.05, 0.1) is 6.10 Å². The van der Waals surface area contributed by atoms with E-state index in [1.807, 2.05) is 0 Å². The summed E-state index contributed by atoms with van der Waals surface area (Å²) in [4.78, 5) is 0. The molecule has 4 heteroatoms. The average Bonchev–Trinajstić information content (AvgIpc) is 2.66. The lowest BCUT2D eigenvalue weighted by Crippen LogP contribution is -2.28. The van der Waals surface area contributed by atoms with Crippen LogP contribution in [0.5, 0.6) is 0 Å². The molecule has 154 valence electrons. The van der Waals surface area contributed by atoms with Crippen LogP contribution in [0.25, 0.3) is 0 Å². The molecule has 0 amide bonds. The van der Waals surface area contributed by atoms with Crippen molar-refractivity contribution in [2.75, 3.05) is 6.61 Å². The quantitative estimate of drug-likeness (QED) is 0.177. The van der Waals surface area contributed by atoms with Gasteiger partial charge in [0, 0.05) is 6.61 Å². The van der Waals surface area contributed by atoms with Crippen LogP contribution in [0.1, 0.15) is 103 Å². The molecule has 2 rings (SSSR count). The first-order chi connectivity index (χ1) is 12.7. The Morgan fingerprint density at radius 1 is 0.769 bits per heavy atom. The van der Waals surface area contributed by atoms with Crippen molar-refractivity contribution in [3.63, 3.8) is 0 Å². The molecule has 0 N–H and O–H groups in total. The lowest BCUT2D eigenvalue weighted by atomic mass is 9.70. The fraction of sp³-hybridized carbons (Fsp3) is 1.00. The van der Waals surface area contributed by atoms with Gasteiger partial charge >= 0.3 is 0 Å². The van der Waals surface area contributed by atoms with Gasteiger partial charge in [0.15, 0.2) is 0 Å². The van der Waals surface area contributed by atoms with Gasteiger partial charge in [0.2, 0.25) is 7.42 Å². The Labute approximate surface area is 173 Å². The monoisotopic (exact) mass is 420 g/mol. The lowest BCUT2D eigenvalue weighted by molar-refractivity contribution is 0.00728. The molecule has 0 aromatic carbocycles. The van der Waals surface area contributed by atoms with E-state index in [9.17, 15) is 0 Å². The zero-order valence-corrected chi connectivity index (χ0v) is 19.7. The third kappa shape index (κ3) is 9.30. The summed E-state index contributed by atoms with van der Waals surface area (Å²) in [5.41, 5.74) is 0. The van der Waals surface area contributed by atoms with Crippen LogP contribution in [0.2, 0.25) is 6.04 Å². The van der Waals surface area contributed by atoms with Crippen LogP contribution in [0.3, 0.4) is 0 Å². The van der Waals surface area contributed by atoms with Crippen LogP contribution in [-0.2, 0) is 4.74 Å². The molecule has 0 unspecified atom stereocenters. The second-order valence-corrected chi connectivity index (χ2v) is 14.1. The van der Waals surface area contributed by atoms with Crippen LogP contribution in [0.4, 0.5) is 0 Å². The molecule has 2 saturated carbocycles. The topological polar surface area (TPSA) is 9.23 Å². The SMILES string of the molecule is CCCCCCCC1CCC(C2CCC(OCCC[SiH](Cl)Cl)CC2)CC1. The molecule has 2 fully saturated rings. The number of hydrogen-bond donors (Lipinski definition) is 0. The first-order valence-electron chi connectivity index (χ1n) is 11.6. The summed E-state index contributed by atoms with van der Waals surface area (Å²) in [6.45, 7) is 3.17. The highest BCUT2D eigenvalue weighted by Gasteiger charge is 2.30. The number of unbranched alkanes of at least 4 members (excludes halogenated alkanes) is 4. The molecular weight excluding hydrogens is 379 g/mol. The maximum absolute atomic E-state index is 6.06. The van der Waals surface area contributed by atoms with Gasteiger partial charge < -0.3 is 4.74 Å². The third-order valence-electron chi connectivity index (χ3n) is 6.91. The van der Waals surface area contributed by atoms with Crippen molar-refractivity contribution in [1.29, 1.82) is 0 Å². The Kier molecular flexibility index (Phi) is 12.3. The van der Waals surface area contributed by atoms with Crippen LogP contribution in [0.15, 0.2) is 0 Å². The maximum atomic E-state index is 6.06. The number of rotatable bonds is 12. The molecule has 2 aliphatic rings. The van der Waals surface area contributed by atoms with Gasteiger partial charge in [0.1, 0.15) is 0 Å². The van der Waals surface area contributed by atoms with E-state index < -0.39 is 7.42 Å². The van der Waals surface area contributed by atoms with E-state index in [4.69, 9.17) is 26.9 Å². The van der Waals surface area contributed by atoms with Crippen molar-refractivity contribution in [2.24, 2.45) is 17.8 Å². The summed E-state index contributed by atoms with van der Waals surface area (Å²) in [7, 11) is -1.43. The first-order valence-corrected chi connectivity index (χ1v) is 15.9. The lowest BCUT2D eigenvalue weighted by Gasteiger charge is -2.38. The van der Waals surface area contributed by atoms with Gasteiger partial charge in [-0.15, -0.1) is 0 Å². The van der Waals surface area contributed by atoms with Gasteiger partial charge in [-0.25, -0.2) is 0 Å². The summed E-state index contributed by atoms with van der Waals surface area (Å²) >= 11 is 11.8. The summed E-state index contributed by atoms with van der Waals surface area (Å²) in [5, 5.41) is 0. The smallest absolute Gasteiger partial charge is 0.237 e. The van der Waals surface area contributed by atoms with Crippen molar-refractivity contribution in [1.82, 2.24) is 0 Å². The standard InChI is InChI=1S/C22H42Cl2OSi/c1-2-3-4-5-6-8-19-9-11-20(12-10-19)21-13-15-22(16-14-21)25-17-7-18-26(23)24/h19-22,26H,2-18H2,1H3. The van der Waals surface area contributed by atoms with E-state index >= 15 is 0 Å². The predicted molar refractivity (Wildman–Crippen MR) is 119 cm³/mol. The van der Waals surface area contributed by atoms with Gasteiger partial charge in [0.25, 0.3) is 0 Å². The van der Waals surface area contributed by atoms with Gasteiger partial charge in [-0.05, 0) is 68.7 Å². The van der Waals surface area contributed by atoms with E-state index in [0.29, 0.717) is 6.10 Å². The Morgan fingerprint density at radius 2 is 1.38 bits per heavy atom. The number of ether oxygens (including phenoxy) is 1. The van der Waals surface area contributed by atoms with Gasteiger partial charge in [-0.1, -0.05) is 58.3 Å². The van der Waals surface area contributed by atoms with Gasteiger partial charge in [-0.2, -0.15) is 22.2 Å². The van der Waals surface area contributed by atoms with E-state index in [1.165, 1.54) is 89.9 Å². The van der Waals surface area contributed by atoms with Crippen LogP contribution < -0.4 is 0 Å². The minimum absolute atomic E-state index is 0.511. The molecule has 1 nitrogen and oxygen atoms in total. The minimum atomic E-state index is -1.43. The number of hydrogen-bond acceptors (Lipinski definition) is 1. The maximum Gasteiger partial charge on any atom is 0.237 e. The van der Waals surface area contributed by atoms with E-state index in [0.717, 1.165) is 36.8 Å².